The number of aryl methyl sites for hydroxylation is 3. The Morgan fingerprint density at radius 1 is 1.05 bits per heavy atom. The second-order valence-corrected chi connectivity index (χ2v) is 5.05. The summed E-state index contributed by atoms with van der Waals surface area (Å²) in [4.78, 5) is 13.6. The Bertz CT molecular complexity index is 590. The van der Waals surface area contributed by atoms with Gasteiger partial charge in [-0.05, 0) is 13.3 Å². The summed E-state index contributed by atoms with van der Waals surface area (Å²) >= 11 is 0. The largest absolute Gasteiger partial charge is 0.370 e. The lowest BCUT2D eigenvalue weighted by atomic mass is 10.4. The first-order valence-corrected chi connectivity index (χ1v) is 7.67. The van der Waals surface area contributed by atoms with Crippen LogP contribution >= 0.6 is 0 Å². The molecule has 0 unspecified atom stereocenters. The maximum absolute atomic E-state index is 4.57. The van der Waals surface area contributed by atoms with E-state index in [2.05, 4.69) is 46.1 Å². The highest BCUT2D eigenvalue weighted by molar-refractivity contribution is 5.35. The molecule has 0 aliphatic carbocycles. The van der Waals surface area contributed by atoms with Gasteiger partial charge in [0, 0.05) is 31.1 Å². The topological polar surface area (TPSA) is 68.5 Å². The van der Waals surface area contributed by atoms with Crippen molar-refractivity contribution < 1.29 is 0 Å². The number of hydrogen-bond donors (Lipinski definition) is 1. The lowest BCUT2D eigenvalue weighted by molar-refractivity contribution is 0.612. The van der Waals surface area contributed by atoms with Gasteiger partial charge in [-0.25, -0.2) is 19.6 Å². The minimum absolute atomic E-state index is 0.568. The zero-order valence-corrected chi connectivity index (χ0v) is 13.3. The van der Waals surface area contributed by atoms with Crippen LogP contribution in [0.2, 0.25) is 0 Å². The smallest absolute Gasteiger partial charge is 0.152 e. The van der Waals surface area contributed by atoms with E-state index in [4.69, 9.17) is 0 Å². The molecule has 0 aliphatic heterocycles. The molecule has 114 valence electrons. The molecule has 2 heterocycles. The zero-order valence-electron chi connectivity index (χ0n) is 13.3. The van der Waals surface area contributed by atoms with Crippen molar-refractivity contribution in [2.75, 3.05) is 11.9 Å². The van der Waals surface area contributed by atoms with E-state index in [1.807, 2.05) is 17.7 Å². The maximum atomic E-state index is 4.57. The van der Waals surface area contributed by atoms with E-state index in [0.29, 0.717) is 6.54 Å². The molecule has 0 atom stereocenters. The summed E-state index contributed by atoms with van der Waals surface area (Å²) in [6.07, 6.45) is 2.78. The van der Waals surface area contributed by atoms with Crippen LogP contribution in [0.1, 0.15) is 50.4 Å². The molecule has 0 saturated carbocycles. The lowest BCUT2D eigenvalue weighted by Crippen LogP contribution is -2.12. The second kappa shape index (κ2) is 7.15. The molecule has 0 fully saturated rings. The van der Waals surface area contributed by atoms with Crippen molar-refractivity contribution >= 4 is 5.82 Å². The van der Waals surface area contributed by atoms with E-state index in [1.165, 1.54) is 0 Å². The van der Waals surface area contributed by atoms with Crippen LogP contribution in [0.15, 0.2) is 6.07 Å². The average molecular weight is 288 g/mol. The van der Waals surface area contributed by atoms with Gasteiger partial charge in [0.1, 0.15) is 18.2 Å². The van der Waals surface area contributed by atoms with Crippen molar-refractivity contribution in [2.45, 2.75) is 53.5 Å². The fourth-order valence-electron chi connectivity index (χ4n) is 2.14. The molecule has 1 N–H and O–H groups in total. The van der Waals surface area contributed by atoms with E-state index in [1.54, 1.807) is 0 Å². The molecule has 6 heteroatoms. The van der Waals surface area contributed by atoms with Crippen LogP contribution in [0.3, 0.4) is 0 Å². The summed E-state index contributed by atoms with van der Waals surface area (Å²) in [6, 6.07) is 1.97. The van der Waals surface area contributed by atoms with Crippen LogP contribution in [0, 0.1) is 6.92 Å². The SMILES string of the molecule is CCCNc1cc(C)nc(Cn2nc(CC)nc2CC)n1. The Balaban J connectivity index is 2.22. The predicted molar refractivity (Wildman–Crippen MR) is 83.4 cm³/mol. The third-order valence-electron chi connectivity index (χ3n) is 3.17. The Kier molecular flexibility index (Phi) is 5.25. The van der Waals surface area contributed by atoms with Crippen molar-refractivity contribution in [1.82, 2.24) is 24.7 Å². The van der Waals surface area contributed by atoms with E-state index < -0.39 is 0 Å². The first kappa shape index (κ1) is 15.4. The summed E-state index contributed by atoms with van der Waals surface area (Å²) in [7, 11) is 0. The maximum Gasteiger partial charge on any atom is 0.152 e. The molecule has 2 rings (SSSR count). The molecule has 0 aromatic carbocycles. The molecule has 0 amide bonds. The summed E-state index contributed by atoms with van der Waals surface area (Å²) in [6.45, 7) is 9.76. The average Bonchev–Trinajstić information content (AvgIpc) is 2.86. The van der Waals surface area contributed by atoms with E-state index in [9.17, 15) is 0 Å². The van der Waals surface area contributed by atoms with Gasteiger partial charge in [0.25, 0.3) is 0 Å². The summed E-state index contributed by atoms with van der Waals surface area (Å²) in [5.74, 6) is 3.52. The number of nitrogens with one attached hydrogen (secondary N) is 1. The molecule has 2 aromatic rings. The van der Waals surface area contributed by atoms with Gasteiger partial charge >= 0.3 is 0 Å². The van der Waals surface area contributed by atoms with E-state index in [0.717, 1.165) is 54.8 Å². The number of nitrogens with zero attached hydrogens (tertiary/aromatic N) is 5. The van der Waals surface area contributed by atoms with Crippen molar-refractivity contribution in [3.05, 3.63) is 29.2 Å². The minimum atomic E-state index is 0.568. The fraction of sp³-hybridized carbons (Fsp3) is 0.600. The first-order valence-electron chi connectivity index (χ1n) is 7.67. The van der Waals surface area contributed by atoms with Crippen LogP contribution in [0.4, 0.5) is 5.82 Å². The molecule has 2 aromatic heterocycles. The highest BCUT2D eigenvalue weighted by atomic mass is 15.4. The number of anilines is 1. The van der Waals surface area contributed by atoms with Crippen LogP contribution in [-0.4, -0.2) is 31.3 Å². The standard InChI is InChI=1S/C15H24N6/c1-5-8-16-13-9-11(4)17-14(18-13)10-21-15(7-3)19-12(6-2)20-21/h9H,5-8,10H2,1-4H3,(H,16,17,18). The highest BCUT2D eigenvalue weighted by Crippen LogP contribution is 2.09. The van der Waals surface area contributed by atoms with Crippen molar-refractivity contribution in [3.63, 3.8) is 0 Å². The zero-order chi connectivity index (χ0) is 15.2. The van der Waals surface area contributed by atoms with Gasteiger partial charge in [-0.15, -0.1) is 0 Å². The molecule has 0 aliphatic rings. The molecule has 0 saturated heterocycles. The molecule has 6 nitrogen and oxygen atoms in total. The van der Waals surface area contributed by atoms with Gasteiger partial charge in [0.15, 0.2) is 11.6 Å². The van der Waals surface area contributed by atoms with Gasteiger partial charge < -0.3 is 5.32 Å². The summed E-state index contributed by atoms with van der Waals surface area (Å²) < 4.78 is 1.91. The van der Waals surface area contributed by atoms with Crippen molar-refractivity contribution in [1.29, 1.82) is 0 Å². The van der Waals surface area contributed by atoms with E-state index in [-0.39, 0.29) is 0 Å². The van der Waals surface area contributed by atoms with E-state index >= 15 is 0 Å². The normalized spacial score (nSPS) is 10.9. The Hall–Kier alpha value is -1.98. The van der Waals surface area contributed by atoms with Crippen molar-refractivity contribution in [2.24, 2.45) is 0 Å². The molecule has 0 radical (unpaired) electrons. The second-order valence-electron chi connectivity index (χ2n) is 5.05. The van der Waals surface area contributed by atoms with Gasteiger partial charge in [0.2, 0.25) is 0 Å². The van der Waals surface area contributed by atoms with Gasteiger partial charge in [-0.2, -0.15) is 5.10 Å². The van der Waals surface area contributed by atoms with Crippen LogP contribution in [0.25, 0.3) is 0 Å². The highest BCUT2D eigenvalue weighted by Gasteiger charge is 2.10. The fourth-order valence-corrected chi connectivity index (χ4v) is 2.14. The summed E-state index contributed by atoms with van der Waals surface area (Å²) in [5, 5.41) is 7.83. The van der Waals surface area contributed by atoms with Crippen LogP contribution in [-0.2, 0) is 19.4 Å². The molecule has 0 spiro atoms. The van der Waals surface area contributed by atoms with Crippen molar-refractivity contribution in [3.8, 4) is 0 Å². The first-order chi connectivity index (χ1) is 10.2. The number of aromatic nitrogens is 5. The number of rotatable bonds is 7. The predicted octanol–water partition coefficient (Wildman–Crippen LogP) is 2.37. The van der Waals surface area contributed by atoms with Crippen LogP contribution in [0.5, 0.6) is 0 Å². The molecule has 0 bridgehead atoms. The molecule has 21 heavy (non-hydrogen) atoms. The molecular weight excluding hydrogens is 264 g/mol. The lowest BCUT2D eigenvalue weighted by Gasteiger charge is -2.08. The monoisotopic (exact) mass is 288 g/mol. The summed E-state index contributed by atoms with van der Waals surface area (Å²) in [5.41, 5.74) is 0.965. The molecular formula is C15H24N6. The van der Waals surface area contributed by atoms with Gasteiger partial charge in [0.05, 0.1) is 0 Å². The Labute approximate surface area is 126 Å². The van der Waals surface area contributed by atoms with Crippen LogP contribution < -0.4 is 5.32 Å². The minimum Gasteiger partial charge on any atom is -0.370 e. The third-order valence-corrected chi connectivity index (χ3v) is 3.17. The quantitative estimate of drug-likeness (QED) is 0.847. The Morgan fingerprint density at radius 2 is 1.86 bits per heavy atom. The van der Waals surface area contributed by atoms with Gasteiger partial charge in [-0.1, -0.05) is 20.8 Å². The number of hydrogen-bond acceptors (Lipinski definition) is 5. The third kappa shape index (κ3) is 4.00. The van der Waals surface area contributed by atoms with Gasteiger partial charge in [-0.3, -0.25) is 0 Å². The Morgan fingerprint density at radius 3 is 2.52 bits per heavy atom.